The van der Waals surface area contributed by atoms with Gasteiger partial charge in [-0.1, -0.05) is 0 Å². The second-order valence-corrected chi connectivity index (χ2v) is 2.81. The Morgan fingerprint density at radius 1 is 1.25 bits per heavy atom. The summed E-state index contributed by atoms with van der Waals surface area (Å²) in [5.74, 6) is 1.27. The first-order valence-electron chi connectivity index (χ1n) is 3.98. The average molecular weight is 159 g/mol. The van der Waals surface area contributed by atoms with Crippen molar-refractivity contribution in [1.29, 1.82) is 0 Å². The Morgan fingerprint density at radius 3 is 2.75 bits per heavy atom. The summed E-state index contributed by atoms with van der Waals surface area (Å²) in [4.78, 5) is 6.21. The highest BCUT2D eigenvalue weighted by molar-refractivity contribution is 5.39. The van der Waals surface area contributed by atoms with Gasteiger partial charge in [0.05, 0.1) is 0 Å². The van der Waals surface area contributed by atoms with Crippen LogP contribution in [0.15, 0.2) is 36.8 Å². The van der Waals surface area contributed by atoms with Crippen molar-refractivity contribution in [2.24, 2.45) is 0 Å². The molecular formula is C10H11N2. The van der Waals surface area contributed by atoms with E-state index < -0.39 is 0 Å². The Kier molecular flexibility index (Phi) is 1.74. The van der Waals surface area contributed by atoms with Crippen LogP contribution in [-0.4, -0.2) is 9.97 Å². The normalized spacial score (nSPS) is 10.8. The summed E-state index contributed by atoms with van der Waals surface area (Å²) in [5.41, 5.74) is 2.41. The highest BCUT2D eigenvalue weighted by atomic mass is 14.7. The molecule has 0 aliphatic carbocycles. The molecule has 2 N–H and O–H groups in total. The van der Waals surface area contributed by atoms with Crippen molar-refractivity contribution in [2.75, 3.05) is 0 Å². The average Bonchev–Trinajstić information content (AvgIpc) is 2.77. The lowest BCUT2D eigenvalue weighted by Gasteiger charge is -2.04. The second kappa shape index (κ2) is 2.89. The first-order chi connectivity index (χ1) is 5.88. The number of aromatic amines is 2. The molecule has 12 heavy (non-hydrogen) atoms. The molecule has 0 spiro atoms. The van der Waals surface area contributed by atoms with Gasteiger partial charge in [0.25, 0.3) is 0 Å². The largest absolute Gasteiger partial charge is 0.367 e. The smallest absolute Gasteiger partial charge is 0.0489 e. The molecule has 2 aromatic rings. The highest BCUT2D eigenvalue weighted by Crippen LogP contribution is 2.20. The molecule has 2 heteroatoms. The van der Waals surface area contributed by atoms with Gasteiger partial charge in [-0.2, -0.15) is 0 Å². The van der Waals surface area contributed by atoms with Crippen molar-refractivity contribution in [3.8, 4) is 0 Å². The molecule has 0 saturated carbocycles. The van der Waals surface area contributed by atoms with Crippen molar-refractivity contribution >= 4 is 0 Å². The van der Waals surface area contributed by atoms with Crippen LogP contribution in [0.2, 0.25) is 0 Å². The number of rotatable bonds is 2. The maximum atomic E-state index is 3.17. The van der Waals surface area contributed by atoms with Gasteiger partial charge in [-0.25, -0.2) is 0 Å². The van der Waals surface area contributed by atoms with E-state index in [2.05, 4.69) is 29.0 Å². The first kappa shape index (κ1) is 7.22. The fraction of sp³-hybridized carbons (Fsp3) is 0.100. The van der Waals surface area contributed by atoms with E-state index in [0.29, 0.717) is 0 Å². The topological polar surface area (TPSA) is 31.6 Å². The molecule has 61 valence electrons. The van der Waals surface area contributed by atoms with Crippen LogP contribution in [0.5, 0.6) is 0 Å². The van der Waals surface area contributed by atoms with Gasteiger partial charge in [0.2, 0.25) is 0 Å². The van der Waals surface area contributed by atoms with Crippen molar-refractivity contribution in [3.63, 3.8) is 0 Å². The lowest BCUT2D eigenvalue weighted by molar-refractivity contribution is 1.12. The number of H-pyrrole nitrogens is 2. The van der Waals surface area contributed by atoms with Gasteiger partial charge >= 0.3 is 0 Å². The minimum Gasteiger partial charge on any atom is -0.367 e. The van der Waals surface area contributed by atoms with Crippen molar-refractivity contribution in [1.82, 2.24) is 9.97 Å². The maximum absolute atomic E-state index is 3.17. The fourth-order valence-electron chi connectivity index (χ4n) is 1.28. The SMILES string of the molecule is C[C](c1cc[nH]c1)c1ccc[nH]1. The van der Waals surface area contributed by atoms with Gasteiger partial charge in [-0.15, -0.1) is 0 Å². The van der Waals surface area contributed by atoms with E-state index in [4.69, 9.17) is 0 Å². The van der Waals surface area contributed by atoms with E-state index in [0.717, 1.165) is 0 Å². The van der Waals surface area contributed by atoms with E-state index in [1.807, 2.05) is 24.7 Å². The Labute approximate surface area is 71.6 Å². The zero-order chi connectivity index (χ0) is 8.39. The Hall–Kier alpha value is -1.44. The molecule has 0 saturated heterocycles. The third kappa shape index (κ3) is 1.16. The van der Waals surface area contributed by atoms with Gasteiger partial charge in [0.15, 0.2) is 0 Å². The van der Waals surface area contributed by atoms with Gasteiger partial charge < -0.3 is 9.97 Å². The van der Waals surface area contributed by atoms with Crippen LogP contribution < -0.4 is 0 Å². The molecule has 2 rings (SSSR count). The molecule has 2 aromatic heterocycles. The fourth-order valence-corrected chi connectivity index (χ4v) is 1.28. The molecule has 2 heterocycles. The predicted octanol–water partition coefficient (Wildman–Crippen LogP) is 2.33. The second-order valence-electron chi connectivity index (χ2n) is 2.81. The number of nitrogens with one attached hydrogen (secondary N) is 2. The van der Waals surface area contributed by atoms with E-state index in [-0.39, 0.29) is 0 Å². The van der Waals surface area contributed by atoms with Crippen molar-refractivity contribution < 1.29 is 0 Å². The van der Waals surface area contributed by atoms with Crippen molar-refractivity contribution in [3.05, 3.63) is 54.0 Å². The Balaban J connectivity index is 2.27. The van der Waals surface area contributed by atoms with Crippen LogP contribution in [0.3, 0.4) is 0 Å². The molecular weight excluding hydrogens is 148 g/mol. The summed E-state index contributed by atoms with van der Waals surface area (Å²) in [6.45, 7) is 2.11. The van der Waals surface area contributed by atoms with E-state index in [1.165, 1.54) is 17.2 Å². The highest BCUT2D eigenvalue weighted by Gasteiger charge is 2.08. The summed E-state index contributed by atoms with van der Waals surface area (Å²) in [6, 6.07) is 6.14. The molecule has 0 amide bonds. The third-order valence-corrected chi connectivity index (χ3v) is 2.03. The zero-order valence-corrected chi connectivity index (χ0v) is 6.96. The summed E-state index contributed by atoms with van der Waals surface area (Å²) < 4.78 is 0. The summed E-state index contributed by atoms with van der Waals surface area (Å²) >= 11 is 0. The number of hydrogen-bond acceptors (Lipinski definition) is 0. The molecule has 0 atom stereocenters. The van der Waals surface area contributed by atoms with Crippen LogP contribution in [-0.2, 0) is 0 Å². The summed E-state index contributed by atoms with van der Waals surface area (Å²) in [6.07, 6.45) is 5.86. The van der Waals surface area contributed by atoms with E-state index in [9.17, 15) is 0 Å². The lowest BCUT2D eigenvalue weighted by atomic mass is 10.0. The lowest BCUT2D eigenvalue weighted by Crippen LogP contribution is -1.94. The number of hydrogen-bond donors (Lipinski definition) is 2. The minimum atomic E-state index is 1.18. The monoisotopic (exact) mass is 159 g/mol. The number of aromatic nitrogens is 2. The van der Waals surface area contributed by atoms with Crippen LogP contribution in [0.4, 0.5) is 0 Å². The van der Waals surface area contributed by atoms with Gasteiger partial charge in [0, 0.05) is 30.2 Å². The van der Waals surface area contributed by atoms with E-state index >= 15 is 0 Å². The molecule has 0 fully saturated rings. The molecule has 2 nitrogen and oxygen atoms in total. The quantitative estimate of drug-likeness (QED) is 0.674. The van der Waals surface area contributed by atoms with Crippen LogP contribution in [0.1, 0.15) is 18.2 Å². The predicted molar refractivity (Wildman–Crippen MR) is 48.7 cm³/mol. The van der Waals surface area contributed by atoms with Gasteiger partial charge in [-0.05, 0) is 30.7 Å². The molecule has 0 bridgehead atoms. The third-order valence-electron chi connectivity index (χ3n) is 2.03. The molecule has 0 aromatic carbocycles. The van der Waals surface area contributed by atoms with Crippen molar-refractivity contribution in [2.45, 2.75) is 6.92 Å². The molecule has 0 unspecified atom stereocenters. The molecule has 0 aliphatic heterocycles. The van der Waals surface area contributed by atoms with Crippen LogP contribution in [0.25, 0.3) is 0 Å². The maximum Gasteiger partial charge on any atom is 0.0489 e. The van der Waals surface area contributed by atoms with E-state index in [1.54, 1.807) is 0 Å². The summed E-state index contributed by atoms with van der Waals surface area (Å²) in [5, 5.41) is 0. The Morgan fingerprint density at radius 2 is 2.17 bits per heavy atom. The zero-order valence-electron chi connectivity index (χ0n) is 6.96. The van der Waals surface area contributed by atoms with Gasteiger partial charge in [-0.3, -0.25) is 0 Å². The standard InChI is InChI=1S/C10H11N2/c1-8(9-4-6-11-7-9)10-3-2-5-12-10/h2-7,11-12H,1H3. The van der Waals surface area contributed by atoms with Crippen LogP contribution >= 0.6 is 0 Å². The summed E-state index contributed by atoms with van der Waals surface area (Å²) in [7, 11) is 0. The first-order valence-corrected chi connectivity index (χ1v) is 3.98. The van der Waals surface area contributed by atoms with Crippen LogP contribution in [0, 0.1) is 5.92 Å². The molecule has 1 radical (unpaired) electrons. The van der Waals surface area contributed by atoms with Gasteiger partial charge in [0.1, 0.15) is 0 Å². The Bertz CT molecular complexity index is 284. The minimum absolute atomic E-state index is 1.18. The molecule has 0 aliphatic rings.